The van der Waals surface area contributed by atoms with Crippen molar-refractivity contribution in [2.24, 2.45) is 5.92 Å². The van der Waals surface area contributed by atoms with Gasteiger partial charge in [-0.2, -0.15) is 0 Å². The van der Waals surface area contributed by atoms with Crippen LogP contribution in [0, 0.1) is 23.6 Å². The molecular formula is C19H21BF2O2. The Bertz CT molecular complexity index is 723. The summed E-state index contributed by atoms with van der Waals surface area (Å²) >= 11 is 0. The predicted molar refractivity (Wildman–Crippen MR) is 91.2 cm³/mol. The van der Waals surface area contributed by atoms with Crippen LogP contribution >= 0.6 is 0 Å². The summed E-state index contributed by atoms with van der Waals surface area (Å²) in [5.41, 5.74) is -0.835. The minimum atomic E-state index is -1.09. The van der Waals surface area contributed by atoms with Crippen molar-refractivity contribution < 1.29 is 18.1 Å². The van der Waals surface area contributed by atoms with Gasteiger partial charge in [-0.15, -0.1) is 0 Å². The number of hydrogen-bond donors (Lipinski definition) is 0. The van der Waals surface area contributed by atoms with E-state index in [1.54, 1.807) is 6.07 Å². The van der Waals surface area contributed by atoms with Gasteiger partial charge in [0.2, 0.25) is 0 Å². The van der Waals surface area contributed by atoms with Gasteiger partial charge in [0, 0.05) is 11.5 Å². The highest BCUT2D eigenvalue weighted by atomic mass is 19.1. The average molecular weight is 330 g/mol. The molecule has 0 radical (unpaired) electrons. The van der Waals surface area contributed by atoms with Crippen molar-refractivity contribution in [1.82, 2.24) is 0 Å². The number of hydrogen-bond acceptors (Lipinski definition) is 2. The Kier molecular flexibility index (Phi) is 4.31. The van der Waals surface area contributed by atoms with E-state index in [1.165, 1.54) is 18.2 Å². The van der Waals surface area contributed by atoms with E-state index in [9.17, 15) is 8.78 Å². The third-order valence-electron chi connectivity index (χ3n) is 4.77. The smallest absolute Gasteiger partial charge is 0.398 e. The fourth-order valence-electron chi connectivity index (χ4n) is 2.35. The summed E-state index contributed by atoms with van der Waals surface area (Å²) in [6, 6.07) is 4.19. The summed E-state index contributed by atoms with van der Waals surface area (Å²) in [6.07, 6.45) is 3.45. The maximum absolute atomic E-state index is 14.6. The molecule has 2 fully saturated rings. The molecule has 1 heterocycles. The van der Waals surface area contributed by atoms with Crippen LogP contribution in [0.25, 0.3) is 6.08 Å². The van der Waals surface area contributed by atoms with E-state index >= 15 is 0 Å². The topological polar surface area (TPSA) is 18.5 Å². The molecule has 1 aromatic carbocycles. The summed E-state index contributed by atoms with van der Waals surface area (Å²) in [4.78, 5) is 0. The van der Waals surface area contributed by atoms with E-state index in [-0.39, 0.29) is 0 Å². The Morgan fingerprint density at radius 2 is 1.83 bits per heavy atom. The molecule has 24 heavy (non-hydrogen) atoms. The molecule has 0 amide bonds. The quantitative estimate of drug-likeness (QED) is 0.586. The van der Waals surface area contributed by atoms with Gasteiger partial charge in [0.15, 0.2) is 0 Å². The van der Waals surface area contributed by atoms with Crippen LogP contribution in [-0.2, 0) is 9.31 Å². The van der Waals surface area contributed by atoms with Crippen molar-refractivity contribution in [3.8, 4) is 11.8 Å². The summed E-state index contributed by atoms with van der Waals surface area (Å²) in [6.45, 7) is 7.42. The lowest BCUT2D eigenvalue weighted by atomic mass is 9.86. The lowest BCUT2D eigenvalue weighted by Gasteiger charge is -2.32. The van der Waals surface area contributed by atoms with Crippen molar-refractivity contribution >= 4 is 13.2 Å². The van der Waals surface area contributed by atoms with E-state index in [0.717, 1.165) is 12.8 Å². The zero-order chi connectivity index (χ0) is 17.5. The maximum Gasteiger partial charge on any atom is 0.525 e. The molecule has 0 aromatic heterocycles. The molecule has 1 saturated heterocycles. The fraction of sp³-hybridized carbons (Fsp3) is 0.474. The lowest BCUT2D eigenvalue weighted by Crippen LogP contribution is -2.41. The van der Waals surface area contributed by atoms with Crippen molar-refractivity contribution in [1.29, 1.82) is 0 Å². The van der Waals surface area contributed by atoms with Gasteiger partial charge in [-0.05, 0) is 70.4 Å². The van der Waals surface area contributed by atoms with Gasteiger partial charge in [0.05, 0.1) is 11.2 Å². The van der Waals surface area contributed by atoms with E-state index < -0.39 is 29.9 Å². The Morgan fingerprint density at radius 1 is 1.21 bits per heavy atom. The standard InChI is InChI=1S/C19H21BF2O2/c1-18(2)19(3,4)24-20(23-18)17(22)12-15-11-16(21)10-9-14(15)8-7-13-5-6-13/h9-13H,5-6H2,1-4H3. The number of rotatable bonds is 2. The van der Waals surface area contributed by atoms with Gasteiger partial charge < -0.3 is 9.31 Å². The van der Waals surface area contributed by atoms with Crippen LogP contribution in [-0.4, -0.2) is 18.3 Å². The largest absolute Gasteiger partial charge is 0.525 e. The SMILES string of the molecule is CC1(C)OB(C(F)=Cc2cc(F)ccc2C#CC2CC2)OC1(C)C. The monoisotopic (exact) mass is 330 g/mol. The third kappa shape index (κ3) is 3.55. The highest BCUT2D eigenvalue weighted by Crippen LogP contribution is 2.39. The van der Waals surface area contributed by atoms with Gasteiger partial charge in [0.25, 0.3) is 0 Å². The minimum Gasteiger partial charge on any atom is -0.398 e. The maximum atomic E-state index is 14.6. The second-order valence-electron chi connectivity index (χ2n) is 7.39. The van der Waals surface area contributed by atoms with Gasteiger partial charge in [-0.3, -0.25) is 0 Å². The van der Waals surface area contributed by atoms with Crippen LogP contribution in [0.1, 0.15) is 51.7 Å². The zero-order valence-corrected chi connectivity index (χ0v) is 14.5. The van der Waals surface area contributed by atoms with E-state index in [2.05, 4.69) is 11.8 Å². The Morgan fingerprint density at radius 3 is 2.42 bits per heavy atom. The fourth-order valence-corrected chi connectivity index (χ4v) is 2.35. The number of halogens is 2. The summed E-state index contributed by atoms with van der Waals surface area (Å²) in [5, 5.41) is 0. The molecule has 0 unspecified atom stereocenters. The normalized spacial score (nSPS) is 22.2. The zero-order valence-electron chi connectivity index (χ0n) is 14.5. The van der Waals surface area contributed by atoms with Crippen molar-refractivity contribution in [2.75, 3.05) is 0 Å². The second-order valence-corrected chi connectivity index (χ2v) is 7.39. The molecule has 1 aliphatic carbocycles. The van der Waals surface area contributed by atoms with Gasteiger partial charge >= 0.3 is 7.12 Å². The molecular weight excluding hydrogens is 309 g/mol. The molecule has 0 N–H and O–H groups in total. The first-order valence-electron chi connectivity index (χ1n) is 8.22. The Balaban J connectivity index is 1.88. The van der Waals surface area contributed by atoms with Crippen molar-refractivity contribution in [2.45, 2.75) is 51.7 Å². The Hall–Kier alpha value is -1.64. The van der Waals surface area contributed by atoms with Crippen molar-refractivity contribution in [3.05, 3.63) is 40.9 Å². The predicted octanol–water partition coefficient (Wildman–Crippen LogP) is 4.53. The van der Waals surface area contributed by atoms with Crippen LogP contribution in [0.15, 0.2) is 23.9 Å². The molecule has 126 valence electrons. The first-order chi connectivity index (χ1) is 11.2. The third-order valence-corrected chi connectivity index (χ3v) is 4.77. The van der Waals surface area contributed by atoms with Gasteiger partial charge in [0.1, 0.15) is 11.5 Å². The highest BCUT2D eigenvalue weighted by molar-refractivity contribution is 6.54. The van der Waals surface area contributed by atoms with Gasteiger partial charge in [-0.1, -0.05) is 11.8 Å². The van der Waals surface area contributed by atoms with Crippen LogP contribution in [0.3, 0.4) is 0 Å². The number of benzene rings is 1. The average Bonchev–Trinajstić information content (AvgIpc) is 3.25. The first kappa shape index (κ1) is 17.2. The molecule has 1 aliphatic heterocycles. The molecule has 1 saturated carbocycles. The molecule has 2 nitrogen and oxygen atoms in total. The second kappa shape index (κ2) is 6.02. The minimum absolute atomic E-state index is 0.398. The molecule has 0 atom stereocenters. The van der Waals surface area contributed by atoms with E-state index in [4.69, 9.17) is 9.31 Å². The highest BCUT2D eigenvalue weighted by Gasteiger charge is 2.53. The molecule has 0 spiro atoms. The summed E-state index contributed by atoms with van der Waals surface area (Å²) < 4.78 is 39.6. The molecule has 0 bridgehead atoms. The molecule has 1 aromatic rings. The van der Waals surface area contributed by atoms with Crippen molar-refractivity contribution in [3.63, 3.8) is 0 Å². The molecule has 5 heteroatoms. The van der Waals surface area contributed by atoms with E-state index in [1.807, 2.05) is 27.7 Å². The summed E-state index contributed by atoms with van der Waals surface area (Å²) in [7, 11) is -1.09. The van der Waals surface area contributed by atoms with Gasteiger partial charge in [-0.25, -0.2) is 8.78 Å². The molecule has 3 rings (SSSR count). The first-order valence-corrected chi connectivity index (χ1v) is 8.22. The van der Waals surface area contributed by atoms with Crippen LogP contribution in [0.5, 0.6) is 0 Å². The van der Waals surface area contributed by atoms with Crippen LogP contribution < -0.4 is 0 Å². The molecule has 2 aliphatic rings. The van der Waals surface area contributed by atoms with E-state index in [0.29, 0.717) is 17.0 Å². The Labute approximate surface area is 142 Å². The summed E-state index contributed by atoms with van der Waals surface area (Å²) in [5.74, 6) is 6.12. The van der Waals surface area contributed by atoms with Crippen LogP contribution in [0.4, 0.5) is 8.78 Å². The van der Waals surface area contributed by atoms with Crippen LogP contribution in [0.2, 0.25) is 0 Å². The lowest BCUT2D eigenvalue weighted by molar-refractivity contribution is 0.00578.